The van der Waals surface area contributed by atoms with Gasteiger partial charge in [-0.05, 0) is 25.9 Å². The number of likely N-dealkylation sites (N-methyl/N-ethyl adjacent to an activating group) is 1. The van der Waals surface area contributed by atoms with Crippen molar-refractivity contribution < 1.29 is 0 Å². The van der Waals surface area contributed by atoms with Crippen LogP contribution < -0.4 is 5.73 Å². The Morgan fingerprint density at radius 1 is 1.00 bits per heavy atom. The van der Waals surface area contributed by atoms with Gasteiger partial charge in [0.1, 0.15) is 0 Å². The number of nitrogens with zero attached hydrogens (tertiary/aromatic N) is 2. The van der Waals surface area contributed by atoms with E-state index in [1.165, 1.54) is 12.8 Å². The van der Waals surface area contributed by atoms with Gasteiger partial charge >= 0.3 is 0 Å². The molecule has 0 saturated carbocycles. The Morgan fingerprint density at radius 2 is 1.56 bits per heavy atom. The highest BCUT2D eigenvalue weighted by atomic mass is 15.2. The molecule has 0 bridgehead atoms. The van der Waals surface area contributed by atoms with Crippen molar-refractivity contribution in [1.29, 1.82) is 0 Å². The van der Waals surface area contributed by atoms with Crippen molar-refractivity contribution in [3.63, 3.8) is 0 Å². The van der Waals surface area contributed by atoms with Crippen molar-refractivity contribution in [3.05, 3.63) is 0 Å². The summed E-state index contributed by atoms with van der Waals surface area (Å²) >= 11 is 0. The first-order valence-corrected chi connectivity index (χ1v) is 7.54. The van der Waals surface area contributed by atoms with Crippen LogP contribution in [-0.2, 0) is 0 Å². The molecule has 1 unspecified atom stereocenters. The Morgan fingerprint density at radius 3 is 1.89 bits per heavy atom. The Bertz CT molecular complexity index is 188. The third-order valence-corrected chi connectivity index (χ3v) is 3.74. The first kappa shape index (κ1) is 17.9. The molecule has 0 aromatic heterocycles. The van der Waals surface area contributed by atoms with Crippen LogP contribution >= 0.6 is 0 Å². The zero-order valence-corrected chi connectivity index (χ0v) is 13.4. The van der Waals surface area contributed by atoms with Gasteiger partial charge in [0.05, 0.1) is 0 Å². The first-order chi connectivity index (χ1) is 8.46. The molecule has 0 fully saturated rings. The summed E-state index contributed by atoms with van der Waals surface area (Å²) < 4.78 is 0. The molecule has 110 valence electrons. The molecule has 0 amide bonds. The lowest BCUT2D eigenvalue weighted by molar-refractivity contribution is 0.115. The molecule has 0 aromatic carbocycles. The van der Waals surface area contributed by atoms with E-state index >= 15 is 0 Å². The number of hydrogen-bond donors (Lipinski definition) is 1. The van der Waals surface area contributed by atoms with E-state index in [-0.39, 0.29) is 0 Å². The van der Waals surface area contributed by atoms with Gasteiger partial charge in [0.15, 0.2) is 0 Å². The van der Waals surface area contributed by atoms with Gasteiger partial charge in [-0.15, -0.1) is 0 Å². The van der Waals surface area contributed by atoms with Gasteiger partial charge in [-0.25, -0.2) is 0 Å². The number of rotatable bonds is 10. The van der Waals surface area contributed by atoms with Gasteiger partial charge in [-0.2, -0.15) is 0 Å². The maximum atomic E-state index is 6.05. The lowest BCUT2D eigenvalue weighted by Crippen LogP contribution is -2.49. The molecule has 0 heterocycles. The second-order valence-electron chi connectivity index (χ2n) is 6.07. The second-order valence-corrected chi connectivity index (χ2v) is 6.07. The predicted molar refractivity (Wildman–Crippen MR) is 81.9 cm³/mol. The summed E-state index contributed by atoms with van der Waals surface area (Å²) in [5.74, 6) is 1.44. The Hall–Kier alpha value is -0.120. The van der Waals surface area contributed by atoms with Crippen LogP contribution in [0.15, 0.2) is 0 Å². The quantitative estimate of drug-likeness (QED) is 0.651. The SMILES string of the molecule is CCC(CC)C(CN)N(CCN(C)C)CC(C)C. The van der Waals surface area contributed by atoms with Gasteiger partial charge in [-0.1, -0.05) is 40.5 Å². The predicted octanol–water partition coefficient (Wildman–Crippen LogP) is 2.27. The van der Waals surface area contributed by atoms with Crippen LogP contribution in [0.2, 0.25) is 0 Å². The summed E-state index contributed by atoms with van der Waals surface area (Å²) in [7, 11) is 4.28. The molecular weight excluding hydrogens is 222 g/mol. The third-order valence-electron chi connectivity index (χ3n) is 3.74. The molecule has 0 aromatic rings. The zero-order valence-electron chi connectivity index (χ0n) is 13.4. The fourth-order valence-electron chi connectivity index (χ4n) is 2.66. The summed E-state index contributed by atoms with van der Waals surface area (Å²) in [4.78, 5) is 4.87. The minimum atomic E-state index is 0.544. The lowest BCUT2D eigenvalue weighted by Gasteiger charge is -2.37. The van der Waals surface area contributed by atoms with Gasteiger partial charge < -0.3 is 10.6 Å². The Labute approximate surface area is 115 Å². The maximum Gasteiger partial charge on any atom is 0.0247 e. The topological polar surface area (TPSA) is 32.5 Å². The highest BCUT2D eigenvalue weighted by molar-refractivity contribution is 4.80. The second kappa shape index (κ2) is 9.76. The average molecular weight is 257 g/mol. The van der Waals surface area contributed by atoms with E-state index in [1.54, 1.807) is 0 Å². The van der Waals surface area contributed by atoms with E-state index in [1.807, 2.05) is 0 Å². The van der Waals surface area contributed by atoms with Crippen LogP contribution in [0.4, 0.5) is 0 Å². The number of nitrogens with two attached hydrogens (primary N) is 1. The molecule has 0 aliphatic rings. The number of hydrogen-bond acceptors (Lipinski definition) is 3. The van der Waals surface area contributed by atoms with E-state index in [2.05, 4.69) is 51.6 Å². The van der Waals surface area contributed by atoms with Crippen LogP contribution in [0.25, 0.3) is 0 Å². The van der Waals surface area contributed by atoms with Crippen LogP contribution in [-0.4, -0.2) is 56.1 Å². The molecule has 0 rings (SSSR count). The molecule has 2 N–H and O–H groups in total. The summed E-state index contributed by atoms with van der Waals surface area (Å²) in [5.41, 5.74) is 6.05. The Kier molecular flexibility index (Phi) is 9.70. The molecule has 18 heavy (non-hydrogen) atoms. The summed E-state index contributed by atoms with van der Waals surface area (Å²) in [5, 5.41) is 0. The molecule has 0 spiro atoms. The molecule has 1 atom stereocenters. The van der Waals surface area contributed by atoms with Crippen molar-refractivity contribution in [2.75, 3.05) is 40.3 Å². The van der Waals surface area contributed by atoms with Gasteiger partial charge in [0, 0.05) is 32.2 Å². The van der Waals surface area contributed by atoms with Crippen LogP contribution in [0.5, 0.6) is 0 Å². The van der Waals surface area contributed by atoms with E-state index in [0.29, 0.717) is 12.0 Å². The monoisotopic (exact) mass is 257 g/mol. The van der Waals surface area contributed by atoms with Gasteiger partial charge in [0.2, 0.25) is 0 Å². The van der Waals surface area contributed by atoms with E-state index in [9.17, 15) is 0 Å². The molecular formula is C15H35N3. The van der Waals surface area contributed by atoms with E-state index < -0.39 is 0 Å². The molecule has 3 nitrogen and oxygen atoms in total. The molecule has 3 heteroatoms. The normalized spacial score (nSPS) is 14.2. The fourth-order valence-corrected chi connectivity index (χ4v) is 2.66. The van der Waals surface area contributed by atoms with Crippen molar-refractivity contribution in [2.24, 2.45) is 17.6 Å². The average Bonchev–Trinajstić information content (AvgIpc) is 2.31. The van der Waals surface area contributed by atoms with Crippen molar-refractivity contribution >= 4 is 0 Å². The first-order valence-electron chi connectivity index (χ1n) is 7.54. The Balaban J connectivity index is 4.64. The van der Waals surface area contributed by atoms with Crippen molar-refractivity contribution in [1.82, 2.24) is 9.80 Å². The summed E-state index contributed by atoms with van der Waals surface area (Å²) in [6, 6.07) is 0.544. The maximum absolute atomic E-state index is 6.05. The van der Waals surface area contributed by atoms with Gasteiger partial charge in [0.25, 0.3) is 0 Å². The minimum absolute atomic E-state index is 0.544. The standard InChI is InChI=1S/C15H35N3/c1-7-14(8-2)15(11-16)18(12-13(3)4)10-9-17(5)6/h13-15H,7-12,16H2,1-6H3. The zero-order chi connectivity index (χ0) is 14.1. The summed E-state index contributed by atoms with van der Waals surface area (Å²) in [6.07, 6.45) is 2.46. The molecule has 0 aliphatic heterocycles. The van der Waals surface area contributed by atoms with Crippen molar-refractivity contribution in [2.45, 2.75) is 46.6 Å². The smallest absolute Gasteiger partial charge is 0.0247 e. The van der Waals surface area contributed by atoms with E-state index in [0.717, 1.165) is 32.1 Å². The van der Waals surface area contributed by atoms with Crippen LogP contribution in [0.3, 0.4) is 0 Å². The van der Waals surface area contributed by atoms with E-state index in [4.69, 9.17) is 5.73 Å². The fraction of sp³-hybridized carbons (Fsp3) is 1.00. The highest BCUT2D eigenvalue weighted by Gasteiger charge is 2.24. The molecule has 0 aliphatic carbocycles. The van der Waals surface area contributed by atoms with Crippen LogP contribution in [0.1, 0.15) is 40.5 Å². The third kappa shape index (κ3) is 6.72. The van der Waals surface area contributed by atoms with Gasteiger partial charge in [-0.3, -0.25) is 4.90 Å². The molecule has 0 saturated heterocycles. The van der Waals surface area contributed by atoms with Crippen LogP contribution in [0, 0.1) is 11.8 Å². The minimum Gasteiger partial charge on any atom is -0.329 e. The summed E-state index contributed by atoms with van der Waals surface area (Å²) in [6.45, 7) is 13.4. The molecule has 0 radical (unpaired) electrons. The lowest BCUT2D eigenvalue weighted by atomic mass is 9.92. The largest absolute Gasteiger partial charge is 0.329 e. The van der Waals surface area contributed by atoms with Crippen molar-refractivity contribution in [3.8, 4) is 0 Å². The highest BCUT2D eigenvalue weighted by Crippen LogP contribution is 2.19.